The lowest BCUT2D eigenvalue weighted by Crippen LogP contribution is -2.38. The maximum atomic E-state index is 5.41. The third kappa shape index (κ3) is 3.57. The number of morpholine rings is 1. The second kappa shape index (κ2) is 7.28. The van der Waals surface area contributed by atoms with Crippen molar-refractivity contribution in [3.63, 3.8) is 0 Å². The summed E-state index contributed by atoms with van der Waals surface area (Å²) in [6, 6.07) is 11.1. The van der Waals surface area contributed by atoms with Gasteiger partial charge in [0.2, 0.25) is 5.95 Å². The first-order valence-corrected chi connectivity index (χ1v) is 8.83. The van der Waals surface area contributed by atoms with Crippen molar-refractivity contribution < 1.29 is 4.74 Å². The molecule has 2 heterocycles. The third-order valence-corrected chi connectivity index (χ3v) is 4.87. The zero-order chi connectivity index (χ0) is 16.2. The molecule has 1 fully saturated rings. The van der Waals surface area contributed by atoms with Crippen LogP contribution in [0, 0.1) is 0 Å². The maximum Gasteiger partial charge on any atom is 0.225 e. The number of hydrogen-bond acceptors (Lipinski definition) is 5. The van der Waals surface area contributed by atoms with E-state index in [2.05, 4.69) is 45.5 Å². The zero-order valence-electron chi connectivity index (χ0n) is 13.9. The Morgan fingerprint density at radius 1 is 1.17 bits per heavy atom. The van der Waals surface area contributed by atoms with Crippen LogP contribution in [0.2, 0.25) is 0 Å². The molecule has 1 atom stereocenters. The normalized spacial score (nSPS) is 20.7. The monoisotopic (exact) mass is 324 g/mol. The standard InChI is InChI=1S/C19H24N4O/c1-2-4-15(5-3-1)13-20-17-6-7-18-16(12-17)14-21-19(22-18)23-8-10-24-11-9-23/h1-5,14,17,20H,6-13H2/t17-/m0/s1. The Morgan fingerprint density at radius 3 is 2.83 bits per heavy atom. The molecule has 0 amide bonds. The molecule has 1 N–H and O–H groups in total. The molecule has 2 aromatic rings. The molecule has 2 aliphatic rings. The van der Waals surface area contributed by atoms with E-state index in [4.69, 9.17) is 9.72 Å². The summed E-state index contributed by atoms with van der Waals surface area (Å²) in [7, 11) is 0. The van der Waals surface area contributed by atoms with Crippen molar-refractivity contribution >= 4 is 5.95 Å². The van der Waals surface area contributed by atoms with E-state index in [9.17, 15) is 0 Å². The van der Waals surface area contributed by atoms with Crippen LogP contribution in [-0.4, -0.2) is 42.3 Å². The van der Waals surface area contributed by atoms with Gasteiger partial charge in [-0.2, -0.15) is 0 Å². The van der Waals surface area contributed by atoms with Crippen LogP contribution in [0.1, 0.15) is 23.2 Å². The van der Waals surface area contributed by atoms with Crippen LogP contribution in [0.3, 0.4) is 0 Å². The van der Waals surface area contributed by atoms with Crippen LogP contribution in [0.15, 0.2) is 36.5 Å². The molecule has 0 spiro atoms. The number of aromatic nitrogens is 2. The summed E-state index contributed by atoms with van der Waals surface area (Å²) >= 11 is 0. The van der Waals surface area contributed by atoms with Crippen LogP contribution in [0.4, 0.5) is 5.95 Å². The fourth-order valence-corrected chi connectivity index (χ4v) is 3.44. The molecule has 1 saturated heterocycles. The van der Waals surface area contributed by atoms with Crippen molar-refractivity contribution in [2.24, 2.45) is 0 Å². The van der Waals surface area contributed by atoms with Crippen molar-refractivity contribution in [1.82, 2.24) is 15.3 Å². The molecule has 5 nitrogen and oxygen atoms in total. The van der Waals surface area contributed by atoms with Gasteiger partial charge in [-0.25, -0.2) is 9.97 Å². The first-order valence-electron chi connectivity index (χ1n) is 8.83. The van der Waals surface area contributed by atoms with Crippen LogP contribution in [-0.2, 0) is 24.1 Å². The number of nitrogens with one attached hydrogen (secondary N) is 1. The highest BCUT2D eigenvalue weighted by Gasteiger charge is 2.22. The van der Waals surface area contributed by atoms with E-state index in [0.29, 0.717) is 6.04 Å². The number of ether oxygens (including phenoxy) is 1. The average molecular weight is 324 g/mol. The number of hydrogen-bond donors (Lipinski definition) is 1. The van der Waals surface area contributed by atoms with Crippen LogP contribution in [0.25, 0.3) is 0 Å². The van der Waals surface area contributed by atoms with Crippen molar-refractivity contribution in [3.8, 4) is 0 Å². The molecule has 5 heteroatoms. The number of nitrogens with zero attached hydrogens (tertiary/aromatic N) is 3. The minimum atomic E-state index is 0.510. The molecule has 126 valence electrons. The second-order valence-electron chi connectivity index (χ2n) is 6.55. The van der Waals surface area contributed by atoms with E-state index >= 15 is 0 Å². The van der Waals surface area contributed by atoms with Crippen molar-refractivity contribution in [2.45, 2.75) is 31.8 Å². The summed E-state index contributed by atoms with van der Waals surface area (Å²) in [6.45, 7) is 4.24. The average Bonchev–Trinajstić information content (AvgIpc) is 2.67. The molecule has 1 aromatic heterocycles. The van der Waals surface area contributed by atoms with Gasteiger partial charge in [0, 0.05) is 37.6 Å². The molecule has 0 saturated carbocycles. The van der Waals surface area contributed by atoms with Gasteiger partial charge in [0.15, 0.2) is 0 Å². The maximum absolute atomic E-state index is 5.41. The van der Waals surface area contributed by atoms with Crippen molar-refractivity contribution in [3.05, 3.63) is 53.3 Å². The highest BCUT2D eigenvalue weighted by atomic mass is 16.5. The first kappa shape index (κ1) is 15.5. The van der Waals surface area contributed by atoms with Gasteiger partial charge in [-0.15, -0.1) is 0 Å². The van der Waals surface area contributed by atoms with E-state index in [0.717, 1.165) is 58.1 Å². The fourth-order valence-electron chi connectivity index (χ4n) is 3.44. The van der Waals surface area contributed by atoms with Crippen LogP contribution >= 0.6 is 0 Å². The predicted molar refractivity (Wildman–Crippen MR) is 94.2 cm³/mol. The van der Waals surface area contributed by atoms with E-state index < -0.39 is 0 Å². The Hall–Kier alpha value is -1.98. The molecule has 24 heavy (non-hydrogen) atoms. The molecular weight excluding hydrogens is 300 g/mol. The number of rotatable bonds is 4. The van der Waals surface area contributed by atoms with E-state index in [1.807, 2.05) is 6.20 Å². The van der Waals surface area contributed by atoms with Gasteiger partial charge < -0.3 is 15.0 Å². The summed E-state index contributed by atoms with van der Waals surface area (Å²) in [5.74, 6) is 0.868. The molecule has 0 bridgehead atoms. The van der Waals surface area contributed by atoms with Crippen LogP contribution < -0.4 is 10.2 Å². The fraction of sp³-hybridized carbons (Fsp3) is 0.474. The number of anilines is 1. The Kier molecular flexibility index (Phi) is 4.71. The van der Waals surface area contributed by atoms with Gasteiger partial charge in [-0.05, 0) is 30.4 Å². The summed E-state index contributed by atoms with van der Waals surface area (Å²) in [6.07, 6.45) is 5.22. The van der Waals surface area contributed by atoms with Gasteiger partial charge >= 0.3 is 0 Å². The predicted octanol–water partition coefficient (Wildman–Crippen LogP) is 1.96. The van der Waals surface area contributed by atoms with Gasteiger partial charge in [-0.3, -0.25) is 0 Å². The Labute approximate surface area is 143 Å². The summed E-state index contributed by atoms with van der Waals surface area (Å²) in [5, 5.41) is 3.67. The van der Waals surface area contributed by atoms with Crippen molar-refractivity contribution in [2.75, 3.05) is 31.2 Å². The molecule has 0 unspecified atom stereocenters. The smallest absolute Gasteiger partial charge is 0.225 e. The number of fused-ring (bicyclic) bond motifs is 1. The van der Waals surface area contributed by atoms with Crippen molar-refractivity contribution in [1.29, 1.82) is 0 Å². The molecule has 1 aliphatic heterocycles. The third-order valence-electron chi connectivity index (χ3n) is 4.87. The van der Waals surface area contributed by atoms with E-state index in [1.54, 1.807) is 0 Å². The van der Waals surface area contributed by atoms with Gasteiger partial charge in [0.1, 0.15) is 0 Å². The summed E-state index contributed by atoms with van der Waals surface area (Å²) in [4.78, 5) is 11.6. The highest BCUT2D eigenvalue weighted by Crippen LogP contribution is 2.22. The second-order valence-corrected chi connectivity index (χ2v) is 6.55. The largest absolute Gasteiger partial charge is 0.378 e. The Bertz CT molecular complexity index is 670. The lowest BCUT2D eigenvalue weighted by Gasteiger charge is -2.29. The van der Waals surface area contributed by atoms with E-state index in [1.165, 1.54) is 16.8 Å². The zero-order valence-corrected chi connectivity index (χ0v) is 13.9. The minimum Gasteiger partial charge on any atom is -0.378 e. The number of aryl methyl sites for hydroxylation is 1. The highest BCUT2D eigenvalue weighted by molar-refractivity contribution is 5.35. The molecule has 4 rings (SSSR count). The van der Waals surface area contributed by atoms with Gasteiger partial charge in [0.25, 0.3) is 0 Å². The van der Waals surface area contributed by atoms with Gasteiger partial charge in [-0.1, -0.05) is 30.3 Å². The topological polar surface area (TPSA) is 50.3 Å². The summed E-state index contributed by atoms with van der Waals surface area (Å²) < 4.78 is 5.41. The SMILES string of the molecule is c1ccc(CN[C@H]2CCc3nc(N4CCOCC4)ncc3C2)cc1. The first-order chi connectivity index (χ1) is 11.9. The van der Waals surface area contributed by atoms with E-state index in [-0.39, 0.29) is 0 Å². The minimum absolute atomic E-state index is 0.510. The lowest BCUT2D eigenvalue weighted by molar-refractivity contribution is 0.122. The summed E-state index contributed by atoms with van der Waals surface area (Å²) in [5.41, 5.74) is 3.86. The number of benzene rings is 1. The lowest BCUT2D eigenvalue weighted by atomic mass is 9.92. The molecule has 1 aromatic carbocycles. The Balaban J connectivity index is 1.38. The quantitative estimate of drug-likeness (QED) is 0.932. The molecule has 0 radical (unpaired) electrons. The Morgan fingerprint density at radius 2 is 2.00 bits per heavy atom. The molecular formula is C19H24N4O. The van der Waals surface area contributed by atoms with Crippen LogP contribution in [0.5, 0.6) is 0 Å². The molecule has 1 aliphatic carbocycles. The van der Waals surface area contributed by atoms with Gasteiger partial charge in [0.05, 0.1) is 13.2 Å².